The molecule has 0 rings (SSSR count). The van der Waals surface area contributed by atoms with Crippen LogP contribution in [0.15, 0.2) is 0 Å². The molecule has 0 saturated carbocycles. The van der Waals surface area contributed by atoms with Crippen LogP contribution in [0.4, 0.5) is 57.5 Å². The van der Waals surface area contributed by atoms with Gasteiger partial charge in [-0.2, -0.15) is 43.9 Å². The number of alkyl halides is 12. The lowest BCUT2D eigenvalue weighted by molar-refractivity contribution is -0.414. The topological polar surface area (TPSA) is 52.3 Å². The zero-order chi connectivity index (χ0) is 22.1. The maximum atomic E-state index is 13.6. The number of carbonyl (C=O) groups is 1. The van der Waals surface area contributed by atoms with Crippen LogP contribution in [-0.2, 0) is 4.74 Å². The number of nitrogens with two attached hydrogens (primary N) is 1. The lowest BCUT2D eigenvalue weighted by Crippen LogP contribution is -2.68. The first-order chi connectivity index (χ1) is 11.8. The first kappa shape index (κ1) is 25.4. The molecule has 0 aromatic rings. The summed E-state index contributed by atoms with van der Waals surface area (Å²) in [7, 11) is 0. The van der Waals surface area contributed by atoms with E-state index in [4.69, 9.17) is 0 Å². The lowest BCUT2D eigenvalue weighted by atomic mass is 9.91. The van der Waals surface area contributed by atoms with Crippen LogP contribution in [0.2, 0.25) is 0 Å². The van der Waals surface area contributed by atoms with Crippen molar-refractivity contribution in [3.8, 4) is 0 Å². The molecule has 0 aromatic carbocycles. The summed E-state index contributed by atoms with van der Waals surface area (Å²) in [5.74, 6) is -35.6. The first-order valence-corrected chi connectivity index (χ1v) is 6.92. The van der Waals surface area contributed by atoms with Crippen molar-refractivity contribution in [3.63, 3.8) is 0 Å². The average molecular weight is 431 g/mol. The molecule has 27 heavy (non-hydrogen) atoms. The van der Waals surface area contributed by atoms with Gasteiger partial charge in [-0.05, 0) is 6.42 Å². The normalized spacial score (nSPS) is 15.8. The second kappa shape index (κ2) is 7.81. The van der Waals surface area contributed by atoms with Crippen molar-refractivity contribution in [2.75, 3.05) is 0 Å². The van der Waals surface area contributed by atoms with Gasteiger partial charge in [-0.15, -0.1) is 0 Å². The lowest BCUT2D eigenvalue weighted by Gasteiger charge is -2.39. The number of hydrogen-bond acceptors (Lipinski definition) is 2. The monoisotopic (exact) mass is 431 g/mol. The van der Waals surface area contributed by atoms with Crippen molar-refractivity contribution >= 4 is 6.09 Å². The van der Waals surface area contributed by atoms with Crippen LogP contribution >= 0.6 is 0 Å². The minimum absolute atomic E-state index is 0.157. The molecule has 0 fully saturated rings. The highest BCUT2D eigenvalue weighted by Gasteiger charge is 2.87. The maximum absolute atomic E-state index is 13.6. The van der Waals surface area contributed by atoms with Crippen molar-refractivity contribution in [3.05, 3.63) is 0 Å². The molecule has 1 unspecified atom stereocenters. The highest BCUT2D eigenvalue weighted by Crippen LogP contribution is 2.59. The Hall–Kier alpha value is -1.57. The zero-order valence-electron chi connectivity index (χ0n) is 13.2. The van der Waals surface area contributed by atoms with Gasteiger partial charge in [0.2, 0.25) is 0 Å². The van der Waals surface area contributed by atoms with Crippen molar-refractivity contribution in [1.82, 2.24) is 0 Å². The molecule has 1 amide bonds. The Bertz CT molecular complexity index is 523. The summed E-state index contributed by atoms with van der Waals surface area (Å²) < 4.78 is 160. The Morgan fingerprint density at radius 3 is 1.67 bits per heavy atom. The smallest absolute Gasteiger partial charge is 0.404 e. The second-order valence-corrected chi connectivity index (χ2v) is 5.40. The summed E-state index contributed by atoms with van der Waals surface area (Å²) in [5.41, 5.74) is 4.45. The summed E-state index contributed by atoms with van der Waals surface area (Å²) in [4.78, 5) is 10.5. The van der Waals surface area contributed by atoms with Gasteiger partial charge in [-0.3, -0.25) is 0 Å². The molecule has 0 aliphatic rings. The van der Waals surface area contributed by atoms with E-state index in [-0.39, 0.29) is 6.42 Å². The Balaban J connectivity index is 6.00. The molecule has 0 saturated heterocycles. The highest BCUT2D eigenvalue weighted by molar-refractivity contribution is 5.64. The zero-order valence-corrected chi connectivity index (χ0v) is 13.2. The molecule has 0 aliphatic heterocycles. The van der Waals surface area contributed by atoms with Crippen molar-refractivity contribution < 1.29 is 62.2 Å². The third-order valence-corrected chi connectivity index (χ3v) is 3.32. The van der Waals surface area contributed by atoms with E-state index in [0.717, 1.165) is 0 Å². The highest BCUT2D eigenvalue weighted by atomic mass is 19.4. The van der Waals surface area contributed by atoms with Crippen LogP contribution in [0.1, 0.15) is 26.2 Å². The van der Waals surface area contributed by atoms with Gasteiger partial charge < -0.3 is 10.5 Å². The molecule has 0 aliphatic carbocycles. The van der Waals surface area contributed by atoms with Crippen LogP contribution in [-0.4, -0.2) is 48.2 Å². The third-order valence-electron chi connectivity index (χ3n) is 3.32. The molecule has 0 heterocycles. The molecule has 0 radical (unpaired) electrons. The van der Waals surface area contributed by atoms with Crippen molar-refractivity contribution in [1.29, 1.82) is 0 Å². The van der Waals surface area contributed by atoms with Gasteiger partial charge in [0.05, 0.1) is 6.42 Å². The quantitative estimate of drug-likeness (QED) is 0.491. The van der Waals surface area contributed by atoms with Gasteiger partial charge in [0.15, 0.2) is 0 Å². The predicted octanol–water partition coefficient (Wildman–Crippen LogP) is 5.08. The van der Waals surface area contributed by atoms with Crippen LogP contribution in [0.3, 0.4) is 0 Å². The molecule has 0 bridgehead atoms. The number of carbonyl (C=O) groups excluding carboxylic acids is 1. The van der Waals surface area contributed by atoms with E-state index in [2.05, 4.69) is 10.5 Å². The van der Waals surface area contributed by atoms with Crippen LogP contribution in [0, 0.1) is 0 Å². The van der Waals surface area contributed by atoms with E-state index >= 15 is 0 Å². The van der Waals surface area contributed by atoms with E-state index in [1.54, 1.807) is 0 Å². The molecule has 0 spiro atoms. The molecule has 162 valence electrons. The Labute approximate surface area is 143 Å². The number of primary amides is 1. The molecular weight excluding hydrogens is 418 g/mol. The summed E-state index contributed by atoms with van der Waals surface area (Å²) in [6, 6.07) is 0. The van der Waals surface area contributed by atoms with Crippen molar-refractivity contribution in [2.45, 2.75) is 68.3 Å². The van der Waals surface area contributed by atoms with E-state index < -0.39 is 61.1 Å². The summed E-state index contributed by atoms with van der Waals surface area (Å²) in [5, 5.41) is 0. The summed E-state index contributed by atoms with van der Waals surface area (Å²) in [6.07, 6.45) is -13.0. The number of hydrogen-bond donors (Lipinski definition) is 1. The number of amides is 1. The van der Waals surface area contributed by atoms with Gasteiger partial charge in [-0.1, -0.05) is 13.3 Å². The predicted molar refractivity (Wildman–Crippen MR) is 64.7 cm³/mol. The Morgan fingerprint density at radius 1 is 0.889 bits per heavy atom. The van der Waals surface area contributed by atoms with Gasteiger partial charge in [0, 0.05) is 0 Å². The minimum atomic E-state index is -7.60. The van der Waals surface area contributed by atoms with Crippen LogP contribution in [0.25, 0.3) is 0 Å². The van der Waals surface area contributed by atoms with E-state index in [0.29, 0.717) is 0 Å². The Morgan fingerprint density at radius 2 is 1.33 bits per heavy atom. The fourth-order valence-corrected chi connectivity index (χ4v) is 1.88. The van der Waals surface area contributed by atoms with Crippen LogP contribution < -0.4 is 5.73 Å². The van der Waals surface area contributed by atoms with E-state index in [1.807, 2.05) is 0 Å². The largest absolute Gasteiger partial charge is 0.446 e. The SMILES string of the molecule is CCCC(CC(F)(F)C(F)(F)C(F)(F)C(F)(F)C(F)(F)C(F)F)OC(N)=O. The molecule has 0 aromatic heterocycles. The first-order valence-electron chi connectivity index (χ1n) is 6.92. The minimum Gasteiger partial charge on any atom is -0.446 e. The standard InChI is InChI=1S/C12H13F12NO2/c1-2-3-5(27-7(25)26)4-8(15,16)10(19,20)12(23,24)11(21,22)9(17,18)6(13)14/h5-6H,2-4H2,1H3,(H2,25,26). The van der Waals surface area contributed by atoms with Gasteiger partial charge in [0.25, 0.3) is 0 Å². The summed E-state index contributed by atoms with van der Waals surface area (Å²) in [6.45, 7) is 1.24. The molecule has 1 atom stereocenters. The van der Waals surface area contributed by atoms with Gasteiger partial charge in [0.1, 0.15) is 6.10 Å². The summed E-state index contributed by atoms with van der Waals surface area (Å²) >= 11 is 0. The number of halogens is 12. The maximum Gasteiger partial charge on any atom is 0.404 e. The van der Waals surface area contributed by atoms with E-state index in [9.17, 15) is 57.5 Å². The molecule has 3 nitrogen and oxygen atoms in total. The fourth-order valence-electron chi connectivity index (χ4n) is 1.88. The Kier molecular flexibility index (Phi) is 7.36. The van der Waals surface area contributed by atoms with Gasteiger partial charge in [-0.25, -0.2) is 13.6 Å². The van der Waals surface area contributed by atoms with Crippen LogP contribution in [0.5, 0.6) is 0 Å². The third kappa shape index (κ3) is 4.47. The van der Waals surface area contributed by atoms with Crippen molar-refractivity contribution in [2.24, 2.45) is 5.73 Å². The fraction of sp³-hybridized carbons (Fsp3) is 0.917. The molecular formula is C12H13F12NO2. The van der Waals surface area contributed by atoms with E-state index in [1.165, 1.54) is 6.92 Å². The van der Waals surface area contributed by atoms with Gasteiger partial charge >= 0.3 is 42.1 Å². The number of ether oxygens (including phenoxy) is 1. The molecule has 15 heteroatoms. The molecule has 2 N–H and O–H groups in total. The second-order valence-electron chi connectivity index (χ2n) is 5.40. The number of rotatable bonds is 10. The average Bonchev–Trinajstić information content (AvgIpc) is 2.45.